The Bertz CT molecular complexity index is 317. The van der Waals surface area contributed by atoms with E-state index < -0.39 is 0 Å². The Balaban J connectivity index is 2.08. The number of hydrogen-bond donors (Lipinski definition) is 1. The van der Waals surface area contributed by atoms with Gasteiger partial charge in [0.15, 0.2) is 0 Å². The molecule has 2 rings (SSSR count). The molecule has 13 heavy (non-hydrogen) atoms. The molecule has 0 aliphatic heterocycles. The van der Waals surface area contributed by atoms with Gasteiger partial charge in [-0.05, 0) is 19.3 Å². The first-order valence-electron chi connectivity index (χ1n) is 4.54. The van der Waals surface area contributed by atoms with E-state index in [1.807, 2.05) is 6.92 Å². The molecule has 1 aliphatic rings. The molecule has 0 unspecified atom stereocenters. The Kier molecular flexibility index (Phi) is 2.31. The Morgan fingerprint density at radius 2 is 2.54 bits per heavy atom. The van der Waals surface area contributed by atoms with Gasteiger partial charge in [0.25, 0.3) is 5.91 Å². The van der Waals surface area contributed by atoms with Crippen LogP contribution in [0.25, 0.3) is 0 Å². The Morgan fingerprint density at radius 1 is 1.77 bits per heavy atom. The predicted octanol–water partition coefficient (Wildman–Crippen LogP) is 1.60. The maximum Gasteiger partial charge on any atom is 0.263 e. The average molecular weight is 196 g/mol. The molecule has 1 aromatic heterocycles. The van der Waals surface area contributed by atoms with Crippen LogP contribution >= 0.6 is 11.3 Å². The van der Waals surface area contributed by atoms with Crippen LogP contribution in [0, 0.1) is 0 Å². The zero-order valence-corrected chi connectivity index (χ0v) is 8.36. The number of thiazole rings is 1. The summed E-state index contributed by atoms with van der Waals surface area (Å²) in [7, 11) is 0. The van der Waals surface area contributed by atoms with Crippen LogP contribution < -0.4 is 5.32 Å². The first kappa shape index (κ1) is 8.69. The zero-order valence-electron chi connectivity index (χ0n) is 7.54. The molecule has 1 saturated carbocycles. The van der Waals surface area contributed by atoms with Crippen LogP contribution in [0.1, 0.15) is 35.1 Å². The quantitative estimate of drug-likeness (QED) is 0.797. The summed E-state index contributed by atoms with van der Waals surface area (Å²) in [6.07, 6.45) is 3.09. The lowest BCUT2D eigenvalue weighted by atomic mass is 10.3. The number of amides is 1. The monoisotopic (exact) mass is 196 g/mol. The summed E-state index contributed by atoms with van der Waals surface area (Å²) in [5, 5.41) is 2.96. The van der Waals surface area contributed by atoms with E-state index in [0.29, 0.717) is 6.04 Å². The molecule has 0 bridgehead atoms. The van der Waals surface area contributed by atoms with E-state index in [1.54, 1.807) is 5.51 Å². The molecule has 0 spiro atoms. The van der Waals surface area contributed by atoms with Gasteiger partial charge in [-0.2, -0.15) is 0 Å². The molecule has 1 heterocycles. The van der Waals surface area contributed by atoms with Crippen molar-refractivity contribution in [1.82, 2.24) is 10.3 Å². The summed E-state index contributed by atoms with van der Waals surface area (Å²) in [4.78, 5) is 16.5. The van der Waals surface area contributed by atoms with Gasteiger partial charge in [0.05, 0.1) is 11.2 Å². The number of nitrogens with zero attached hydrogens (tertiary/aromatic N) is 1. The van der Waals surface area contributed by atoms with Crippen LogP contribution in [-0.4, -0.2) is 16.9 Å². The van der Waals surface area contributed by atoms with E-state index in [-0.39, 0.29) is 5.91 Å². The lowest BCUT2D eigenvalue weighted by Crippen LogP contribution is -2.25. The fourth-order valence-corrected chi connectivity index (χ4v) is 1.97. The summed E-state index contributed by atoms with van der Waals surface area (Å²) in [6.45, 7) is 2.02. The van der Waals surface area contributed by atoms with Gasteiger partial charge in [0, 0.05) is 6.04 Å². The van der Waals surface area contributed by atoms with Crippen LogP contribution in [0.2, 0.25) is 0 Å². The second-order valence-electron chi connectivity index (χ2n) is 3.23. The standard InChI is InChI=1S/C9H12N2OS/c1-2-7-8(13-5-10-7)9(12)11-6-3-4-6/h5-6H,2-4H2,1H3,(H,11,12). The van der Waals surface area contributed by atoms with Crippen molar-refractivity contribution >= 4 is 17.2 Å². The molecule has 0 aromatic carbocycles. The van der Waals surface area contributed by atoms with Crippen molar-refractivity contribution in [3.05, 3.63) is 16.1 Å². The van der Waals surface area contributed by atoms with Crippen molar-refractivity contribution in [3.8, 4) is 0 Å². The van der Waals surface area contributed by atoms with E-state index in [0.717, 1.165) is 29.8 Å². The first-order valence-corrected chi connectivity index (χ1v) is 5.42. The van der Waals surface area contributed by atoms with Gasteiger partial charge < -0.3 is 5.32 Å². The lowest BCUT2D eigenvalue weighted by Gasteiger charge is -2.01. The Labute approximate surface area is 81.2 Å². The number of rotatable bonds is 3. The third-order valence-electron chi connectivity index (χ3n) is 2.09. The van der Waals surface area contributed by atoms with Crippen LogP contribution in [0.15, 0.2) is 5.51 Å². The Hall–Kier alpha value is -0.900. The maximum absolute atomic E-state index is 11.6. The molecule has 0 radical (unpaired) electrons. The van der Waals surface area contributed by atoms with Crippen LogP contribution in [0.5, 0.6) is 0 Å². The molecule has 0 saturated heterocycles. The minimum atomic E-state index is 0.0573. The highest BCUT2D eigenvalue weighted by molar-refractivity contribution is 7.11. The third kappa shape index (κ3) is 1.88. The summed E-state index contributed by atoms with van der Waals surface area (Å²) in [5.41, 5.74) is 2.66. The van der Waals surface area contributed by atoms with Gasteiger partial charge in [0.2, 0.25) is 0 Å². The molecule has 70 valence electrons. The fourth-order valence-electron chi connectivity index (χ4n) is 1.18. The van der Waals surface area contributed by atoms with Crippen molar-refractivity contribution < 1.29 is 4.79 Å². The normalized spacial score (nSPS) is 15.8. The number of aromatic nitrogens is 1. The molecular formula is C9H12N2OS. The van der Waals surface area contributed by atoms with Crippen molar-refractivity contribution in [2.75, 3.05) is 0 Å². The van der Waals surface area contributed by atoms with E-state index in [2.05, 4.69) is 10.3 Å². The SMILES string of the molecule is CCc1ncsc1C(=O)NC1CC1. The largest absolute Gasteiger partial charge is 0.349 e. The highest BCUT2D eigenvalue weighted by Crippen LogP contribution is 2.21. The molecule has 0 atom stereocenters. The Morgan fingerprint density at radius 3 is 3.15 bits per heavy atom. The van der Waals surface area contributed by atoms with Crippen molar-refractivity contribution in [2.45, 2.75) is 32.2 Å². The van der Waals surface area contributed by atoms with Crippen LogP contribution in [0.4, 0.5) is 0 Å². The number of carbonyl (C=O) groups excluding carboxylic acids is 1. The number of hydrogen-bond acceptors (Lipinski definition) is 3. The van der Waals surface area contributed by atoms with Crippen LogP contribution in [-0.2, 0) is 6.42 Å². The molecule has 1 amide bonds. The molecule has 1 fully saturated rings. The van der Waals surface area contributed by atoms with Gasteiger partial charge >= 0.3 is 0 Å². The van der Waals surface area contributed by atoms with E-state index >= 15 is 0 Å². The second kappa shape index (κ2) is 3.46. The topological polar surface area (TPSA) is 42.0 Å². The molecule has 3 nitrogen and oxygen atoms in total. The number of nitrogens with one attached hydrogen (secondary N) is 1. The molecule has 4 heteroatoms. The highest BCUT2D eigenvalue weighted by Gasteiger charge is 2.25. The maximum atomic E-state index is 11.6. The van der Waals surface area contributed by atoms with E-state index in [9.17, 15) is 4.79 Å². The van der Waals surface area contributed by atoms with Gasteiger partial charge in [-0.25, -0.2) is 4.98 Å². The van der Waals surface area contributed by atoms with Gasteiger partial charge in [-0.15, -0.1) is 11.3 Å². The average Bonchev–Trinajstić information content (AvgIpc) is 2.82. The van der Waals surface area contributed by atoms with Gasteiger partial charge in [0.1, 0.15) is 4.88 Å². The predicted molar refractivity (Wildman–Crippen MR) is 52.0 cm³/mol. The summed E-state index contributed by atoms with van der Waals surface area (Å²) in [5.74, 6) is 0.0573. The van der Waals surface area contributed by atoms with E-state index in [4.69, 9.17) is 0 Å². The van der Waals surface area contributed by atoms with Crippen LogP contribution in [0.3, 0.4) is 0 Å². The third-order valence-corrected chi connectivity index (χ3v) is 2.96. The van der Waals surface area contributed by atoms with E-state index in [1.165, 1.54) is 11.3 Å². The highest BCUT2D eigenvalue weighted by atomic mass is 32.1. The summed E-state index contributed by atoms with van der Waals surface area (Å²) >= 11 is 1.43. The molecule has 1 N–H and O–H groups in total. The number of carbonyl (C=O) groups is 1. The second-order valence-corrected chi connectivity index (χ2v) is 4.08. The van der Waals surface area contributed by atoms with Gasteiger partial charge in [-0.3, -0.25) is 4.79 Å². The summed E-state index contributed by atoms with van der Waals surface area (Å²) < 4.78 is 0. The van der Waals surface area contributed by atoms with Gasteiger partial charge in [-0.1, -0.05) is 6.92 Å². The molecule has 1 aliphatic carbocycles. The van der Waals surface area contributed by atoms with Crippen molar-refractivity contribution in [2.24, 2.45) is 0 Å². The lowest BCUT2D eigenvalue weighted by molar-refractivity contribution is 0.0954. The summed E-state index contributed by atoms with van der Waals surface area (Å²) in [6, 6.07) is 0.430. The van der Waals surface area contributed by atoms with Crippen molar-refractivity contribution in [3.63, 3.8) is 0 Å². The minimum absolute atomic E-state index is 0.0573. The zero-order chi connectivity index (χ0) is 9.26. The number of aryl methyl sites for hydroxylation is 1. The van der Waals surface area contributed by atoms with Crippen molar-refractivity contribution in [1.29, 1.82) is 0 Å². The molecular weight excluding hydrogens is 184 g/mol. The first-order chi connectivity index (χ1) is 6.31. The fraction of sp³-hybridized carbons (Fsp3) is 0.556. The smallest absolute Gasteiger partial charge is 0.263 e. The molecule has 1 aromatic rings. The minimum Gasteiger partial charge on any atom is -0.349 e.